The molecule has 13 heavy (non-hydrogen) atoms. The minimum Gasteiger partial charge on any atom is -0.0622 e. The van der Waals surface area contributed by atoms with Crippen molar-refractivity contribution in [2.24, 2.45) is 11.8 Å². The Morgan fingerprint density at radius 1 is 1.23 bits per heavy atom. The minimum atomic E-state index is 0.501. The number of rotatable bonds is 2. The van der Waals surface area contributed by atoms with Crippen molar-refractivity contribution in [2.45, 2.75) is 32.6 Å². The van der Waals surface area contributed by atoms with Crippen LogP contribution in [-0.2, 0) is 5.41 Å². The van der Waals surface area contributed by atoms with Crippen molar-refractivity contribution < 1.29 is 0 Å². The highest BCUT2D eigenvalue weighted by Crippen LogP contribution is 2.58. The quantitative estimate of drug-likeness (QED) is 0.642. The van der Waals surface area contributed by atoms with Gasteiger partial charge in [0.2, 0.25) is 0 Å². The van der Waals surface area contributed by atoms with Crippen LogP contribution in [0.5, 0.6) is 0 Å². The predicted octanol–water partition coefficient (Wildman–Crippen LogP) is 3.62. The second-order valence-electron chi connectivity index (χ2n) is 4.67. The maximum atomic E-state index is 2.37. The summed E-state index contributed by atoms with van der Waals surface area (Å²) in [6.07, 6.45) is 1.37. The molecule has 1 saturated carbocycles. The Labute approximate surface area is 81.0 Å². The van der Waals surface area contributed by atoms with Crippen molar-refractivity contribution in [2.75, 3.05) is 0 Å². The lowest BCUT2D eigenvalue weighted by atomic mass is 9.83. The Hall–Kier alpha value is -0.780. The topological polar surface area (TPSA) is 0 Å². The van der Waals surface area contributed by atoms with Crippen molar-refractivity contribution in [1.82, 2.24) is 0 Å². The molecule has 0 bridgehead atoms. The van der Waals surface area contributed by atoms with Crippen LogP contribution in [-0.4, -0.2) is 0 Å². The van der Waals surface area contributed by atoms with Gasteiger partial charge in [-0.15, -0.1) is 0 Å². The van der Waals surface area contributed by atoms with Gasteiger partial charge in [-0.1, -0.05) is 51.1 Å². The predicted molar refractivity (Wildman–Crippen MR) is 56.7 cm³/mol. The molecule has 1 fully saturated rings. The maximum absolute atomic E-state index is 2.37. The average Bonchev–Trinajstić information content (AvgIpc) is 2.80. The van der Waals surface area contributed by atoms with E-state index in [0.717, 1.165) is 11.8 Å². The van der Waals surface area contributed by atoms with Crippen LogP contribution in [0.1, 0.15) is 32.8 Å². The molecule has 0 aromatic heterocycles. The van der Waals surface area contributed by atoms with Crippen molar-refractivity contribution in [3.63, 3.8) is 0 Å². The summed E-state index contributed by atoms with van der Waals surface area (Å²) in [4.78, 5) is 0. The molecule has 0 saturated heterocycles. The van der Waals surface area contributed by atoms with E-state index >= 15 is 0 Å². The molecule has 1 aromatic carbocycles. The van der Waals surface area contributed by atoms with Crippen molar-refractivity contribution in [1.29, 1.82) is 0 Å². The summed E-state index contributed by atoms with van der Waals surface area (Å²) >= 11 is 0. The molecule has 0 amide bonds. The minimum absolute atomic E-state index is 0.501. The van der Waals surface area contributed by atoms with Crippen LogP contribution in [0.15, 0.2) is 30.3 Å². The van der Waals surface area contributed by atoms with Crippen LogP contribution < -0.4 is 0 Å². The van der Waals surface area contributed by atoms with Gasteiger partial charge in [0.1, 0.15) is 0 Å². The van der Waals surface area contributed by atoms with Gasteiger partial charge < -0.3 is 0 Å². The fourth-order valence-electron chi connectivity index (χ4n) is 2.74. The van der Waals surface area contributed by atoms with Gasteiger partial charge in [-0.3, -0.25) is 0 Å². The Morgan fingerprint density at radius 2 is 1.77 bits per heavy atom. The summed E-state index contributed by atoms with van der Waals surface area (Å²) < 4.78 is 0. The van der Waals surface area contributed by atoms with E-state index in [2.05, 4.69) is 51.1 Å². The normalized spacial score (nSPS) is 32.2. The van der Waals surface area contributed by atoms with Crippen LogP contribution in [0.25, 0.3) is 0 Å². The van der Waals surface area contributed by atoms with Gasteiger partial charge in [0.25, 0.3) is 0 Å². The molecular weight excluding hydrogens is 156 g/mol. The zero-order valence-electron chi connectivity index (χ0n) is 8.75. The van der Waals surface area contributed by atoms with Crippen LogP contribution in [0.3, 0.4) is 0 Å². The molecule has 0 aliphatic heterocycles. The first-order valence-electron chi connectivity index (χ1n) is 5.23. The molecule has 0 unspecified atom stereocenters. The molecule has 0 nitrogen and oxygen atoms in total. The van der Waals surface area contributed by atoms with E-state index in [4.69, 9.17) is 0 Å². The van der Waals surface area contributed by atoms with Crippen LogP contribution in [0.4, 0.5) is 0 Å². The van der Waals surface area contributed by atoms with Crippen LogP contribution >= 0.6 is 0 Å². The van der Waals surface area contributed by atoms with Crippen molar-refractivity contribution >= 4 is 0 Å². The third kappa shape index (κ3) is 1.20. The SMILES string of the molecule is CC(C)[C@]1(c2ccccc2)C[C@@H]1C. The first-order valence-corrected chi connectivity index (χ1v) is 5.23. The van der Waals surface area contributed by atoms with Gasteiger partial charge in [0, 0.05) is 5.41 Å². The van der Waals surface area contributed by atoms with Gasteiger partial charge in [-0.05, 0) is 23.8 Å². The molecule has 0 spiro atoms. The lowest BCUT2D eigenvalue weighted by Gasteiger charge is -2.21. The molecule has 2 rings (SSSR count). The standard InChI is InChI=1S/C13H18/c1-10(2)13(9-11(13)3)12-7-5-4-6-8-12/h4-8,10-11H,9H2,1-3H3/t11-,13+/m0/s1. The van der Waals surface area contributed by atoms with Gasteiger partial charge in [-0.25, -0.2) is 0 Å². The largest absolute Gasteiger partial charge is 0.0622 e. The van der Waals surface area contributed by atoms with E-state index in [9.17, 15) is 0 Å². The van der Waals surface area contributed by atoms with E-state index in [0.29, 0.717) is 5.41 Å². The third-order valence-corrected chi connectivity index (χ3v) is 3.70. The Bertz CT molecular complexity index is 286. The zero-order valence-corrected chi connectivity index (χ0v) is 8.75. The summed E-state index contributed by atoms with van der Waals surface area (Å²) in [6.45, 7) is 7.06. The molecule has 2 atom stereocenters. The molecule has 70 valence electrons. The molecule has 1 aliphatic rings. The Kier molecular flexibility index (Phi) is 1.94. The highest BCUT2D eigenvalue weighted by atomic mass is 14.6. The smallest absolute Gasteiger partial charge is 0.000474 e. The third-order valence-electron chi connectivity index (χ3n) is 3.70. The second kappa shape index (κ2) is 2.87. The highest BCUT2D eigenvalue weighted by molar-refractivity contribution is 5.33. The molecule has 1 aromatic rings. The second-order valence-corrected chi connectivity index (χ2v) is 4.67. The fourth-order valence-corrected chi connectivity index (χ4v) is 2.74. The Morgan fingerprint density at radius 3 is 2.15 bits per heavy atom. The molecule has 1 aliphatic carbocycles. The maximum Gasteiger partial charge on any atom is 0.000474 e. The van der Waals surface area contributed by atoms with Crippen LogP contribution in [0, 0.1) is 11.8 Å². The van der Waals surface area contributed by atoms with E-state index in [1.54, 1.807) is 0 Å². The van der Waals surface area contributed by atoms with E-state index in [1.165, 1.54) is 12.0 Å². The fraction of sp³-hybridized carbons (Fsp3) is 0.538. The van der Waals surface area contributed by atoms with Crippen molar-refractivity contribution in [3.8, 4) is 0 Å². The summed E-state index contributed by atoms with van der Waals surface area (Å²) in [5.74, 6) is 1.64. The molecule has 0 heterocycles. The molecule has 0 heteroatoms. The number of benzene rings is 1. The zero-order chi connectivity index (χ0) is 9.47. The lowest BCUT2D eigenvalue weighted by Crippen LogP contribution is -2.16. The first kappa shape index (κ1) is 8.80. The first-order chi connectivity index (χ1) is 6.18. The van der Waals surface area contributed by atoms with Crippen molar-refractivity contribution in [3.05, 3.63) is 35.9 Å². The highest BCUT2D eigenvalue weighted by Gasteiger charge is 2.53. The number of hydrogen-bond acceptors (Lipinski definition) is 0. The monoisotopic (exact) mass is 174 g/mol. The lowest BCUT2D eigenvalue weighted by molar-refractivity contribution is 0.449. The van der Waals surface area contributed by atoms with E-state index < -0.39 is 0 Å². The summed E-state index contributed by atoms with van der Waals surface area (Å²) in [5, 5.41) is 0. The summed E-state index contributed by atoms with van der Waals surface area (Å²) in [5.41, 5.74) is 2.04. The number of hydrogen-bond donors (Lipinski definition) is 0. The average molecular weight is 174 g/mol. The molecule has 0 radical (unpaired) electrons. The molecular formula is C13H18. The van der Waals surface area contributed by atoms with Gasteiger partial charge in [0.15, 0.2) is 0 Å². The summed E-state index contributed by atoms with van der Waals surface area (Å²) in [6, 6.07) is 11.0. The van der Waals surface area contributed by atoms with Gasteiger partial charge in [0.05, 0.1) is 0 Å². The van der Waals surface area contributed by atoms with Crippen LogP contribution in [0.2, 0.25) is 0 Å². The molecule has 0 N–H and O–H groups in total. The summed E-state index contributed by atoms with van der Waals surface area (Å²) in [7, 11) is 0. The van der Waals surface area contributed by atoms with Gasteiger partial charge in [-0.2, -0.15) is 0 Å². The van der Waals surface area contributed by atoms with E-state index in [-0.39, 0.29) is 0 Å². The Balaban J connectivity index is 2.35. The van der Waals surface area contributed by atoms with E-state index in [1.807, 2.05) is 0 Å². The van der Waals surface area contributed by atoms with Gasteiger partial charge >= 0.3 is 0 Å².